The lowest BCUT2D eigenvalue weighted by Gasteiger charge is -2.38. The summed E-state index contributed by atoms with van der Waals surface area (Å²) in [4.78, 5) is 2.36. The summed E-state index contributed by atoms with van der Waals surface area (Å²) >= 11 is 0. The molecule has 0 aromatic rings. The molecule has 3 unspecified atom stereocenters. The highest BCUT2D eigenvalue weighted by Crippen LogP contribution is 2.19. The van der Waals surface area contributed by atoms with Crippen LogP contribution in [0.2, 0.25) is 0 Å². The third-order valence-electron chi connectivity index (χ3n) is 3.51. The Morgan fingerprint density at radius 1 is 1.47 bits per heavy atom. The summed E-state index contributed by atoms with van der Waals surface area (Å²) in [7, 11) is 1.79. The minimum absolute atomic E-state index is 0.279. The van der Waals surface area contributed by atoms with Gasteiger partial charge in [0.15, 0.2) is 0 Å². The molecule has 0 aliphatic carbocycles. The predicted molar refractivity (Wildman–Crippen MR) is 70.2 cm³/mol. The molecular weight excluding hydrogens is 216 g/mol. The van der Waals surface area contributed by atoms with E-state index >= 15 is 0 Å². The molecule has 0 bridgehead atoms. The van der Waals surface area contributed by atoms with Gasteiger partial charge in [0.05, 0.1) is 12.2 Å². The smallest absolute Gasteiger partial charge is 0.0791 e. The molecule has 0 radical (unpaired) electrons. The minimum Gasteiger partial charge on any atom is -0.390 e. The summed E-state index contributed by atoms with van der Waals surface area (Å²) in [5.41, 5.74) is 0. The van der Waals surface area contributed by atoms with Crippen LogP contribution in [0.4, 0.5) is 0 Å². The highest BCUT2D eigenvalue weighted by molar-refractivity contribution is 4.81. The monoisotopic (exact) mass is 244 g/mol. The summed E-state index contributed by atoms with van der Waals surface area (Å²) in [5, 5.41) is 13.2. The molecule has 102 valence electrons. The average molecular weight is 244 g/mol. The minimum atomic E-state index is -0.279. The molecule has 1 saturated heterocycles. The fraction of sp³-hybridized carbons (Fsp3) is 1.00. The fourth-order valence-electron chi connectivity index (χ4n) is 2.37. The largest absolute Gasteiger partial charge is 0.390 e. The number of ether oxygens (including phenoxy) is 1. The van der Waals surface area contributed by atoms with Crippen LogP contribution in [0, 0.1) is 0 Å². The predicted octanol–water partition coefficient (Wildman–Crippen LogP) is 0.845. The molecule has 1 fully saturated rings. The molecule has 2 N–H and O–H groups in total. The second-order valence-electron chi connectivity index (χ2n) is 5.44. The molecule has 0 saturated carbocycles. The Bertz CT molecular complexity index is 212. The van der Waals surface area contributed by atoms with Crippen molar-refractivity contribution in [3.05, 3.63) is 0 Å². The van der Waals surface area contributed by atoms with Gasteiger partial charge in [0.1, 0.15) is 0 Å². The van der Waals surface area contributed by atoms with Gasteiger partial charge in [-0.15, -0.1) is 0 Å². The molecule has 0 amide bonds. The van der Waals surface area contributed by atoms with Crippen molar-refractivity contribution in [1.82, 2.24) is 10.2 Å². The highest BCUT2D eigenvalue weighted by atomic mass is 16.5. The van der Waals surface area contributed by atoms with Gasteiger partial charge in [-0.25, -0.2) is 0 Å². The second kappa shape index (κ2) is 7.31. The van der Waals surface area contributed by atoms with Crippen LogP contribution in [0.25, 0.3) is 0 Å². The molecular formula is C13H28N2O2. The number of aliphatic hydroxyl groups excluding tert-OH is 1. The van der Waals surface area contributed by atoms with Crippen molar-refractivity contribution >= 4 is 0 Å². The summed E-state index contributed by atoms with van der Waals surface area (Å²) < 4.78 is 5.39. The SMILES string of the molecule is COC1CCN(CC(O)CNC(C)C)C(C)C1. The number of aliphatic hydroxyl groups is 1. The number of likely N-dealkylation sites (tertiary alicyclic amines) is 1. The van der Waals surface area contributed by atoms with Crippen LogP contribution in [-0.4, -0.2) is 61.0 Å². The maximum Gasteiger partial charge on any atom is 0.0791 e. The van der Waals surface area contributed by atoms with Crippen molar-refractivity contribution in [1.29, 1.82) is 0 Å². The summed E-state index contributed by atoms with van der Waals surface area (Å²) in [6, 6.07) is 0.934. The first kappa shape index (κ1) is 14.9. The van der Waals surface area contributed by atoms with Crippen molar-refractivity contribution < 1.29 is 9.84 Å². The van der Waals surface area contributed by atoms with E-state index in [4.69, 9.17) is 4.74 Å². The van der Waals surface area contributed by atoms with E-state index < -0.39 is 0 Å². The maximum atomic E-state index is 9.96. The molecule has 17 heavy (non-hydrogen) atoms. The third kappa shape index (κ3) is 5.34. The zero-order valence-corrected chi connectivity index (χ0v) is 11.6. The number of nitrogens with zero attached hydrogens (tertiary/aromatic N) is 1. The van der Waals surface area contributed by atoms with Gasteiger partial charge >= 0.3 is 0 Å². The van der Waals surface area contributed by atoms with Gasteiger partial charge in [0, 0.05) is 38.8 Å². The zero-order valence-electron chi connectivity index (χ0n) is 11.6. The molecule has 4 heteroatoms. The van der Waals surface area contributed by atoms with Crippen LogP contribution < -0.4 is 5.32 Å². The lowest BCUT2D eigenvalue weighted by molar-refractivity contribution is -0.00144. The van der Waals surface area contributed by atoms with E-state index in [9.17, 15) is 5.11 Å². The first-order valence-electron chi connectivity index (χ1n) is 6.71. The second-order valence-corrected chi connectivity index (χ2v) is 5.44. The number of β-amino-alcohol motifs (C(OH)–C–C–N with tert-alkyl or cyclic N) is 1. The van der Waals surface area contributed by atoms with E-state index in [0.29, 0.717) is 24.7 Å². The van der Waals surface area contributed by atoms with Gasteiger partial charge in [-0.1, -0.05) is 13.8 Å². The quantitative estimate of drug-likeness (QED) is 0.727. The molecule has 3 atom stereocenters. The fourth-order valence-corrected chi connectivity index (χ4v) is 2.37. The molecule has 0 aromatic heterocycles. The number of nitrogens with one attached hydrogen (secondary N) is 1. The Hall–Kier alpha value is -0.160. The Morgan fingerprint density at radius 2 is 2.18 bits per heavy atom. The van der Waals surface area contributed by atoms with Crippen LogP contribution in [-0.2, 0) is 4.74 Å². The molecule has 1 heterocycles. The van der Waals surface area contributed by atoms with Crippen molar-refractivity contribution in [3.63, 3.8) is 0 Å². The van der Waals surface area contributed by atoms with Crippen molar-refractivity contribution in [3.8, 4) is 0 Å². The van der Waals surface area contributed by atoms with Gasteiger partial charge in [-0.05, 0) is 19.8 Å². The van der Waals surface area contributed by atoms with Gasteiger partial charge in [-0.2, -0.15) is 0 Å². The van der Waals surface area contributed by atoms with E-state index in [1.165, 1.54) is 0 Å². The molecule has 1 aliphatic rings. The number of piperidine rings is 1. The Kier molecular flexibility index (Phi) is 6.41. The Morgan fingerprint density at radius 3 is 2.71 bits per heavy atom. The van der Waals surface area contributed by atoms with Gasteiger partial charge < -0.3 is 15.2 Å². The van der Waals surface area contributed by atoms with Crippen LogP contribution in [0.15, 0.2) is 0 Å². The summed E-state index contributed by atoms with van der Waals surface area (Å²) in [5.74, 6) is 0. The van der Waals surface area contributed by atoms with Crippen LogP contribution in [0.5, 0.6) is 0 Å². The van der Waals surface area contributed by atoms with Crippen LogP contribution in [0.3, 0.4) is 0 Å². The van der Waals surface area contributed by atoms with E-state index in [1.54, 1.807) is 7.11 Å². The molecule has 0 spiro atoms. The summed E-state index contributed by atoms with van der Waals surface area (Å²) in [6.07, 6.45) is 2.26. The topological polar surface area (TPSA) is 44.7 Å². The first-order valence-corrected chi connectivity index (χ1v) is 6.71. The third-order valence-corrected chi connectivity index (χ3v) is 3.51. The lowest BCUT2D eigenvalue weighted by atomic mass is 10.00. The number of hydrogen-bond donors (Lipinski definition) is 2. The molecule has 1 rings (SSSR count). The van der Waals surface area contributed by atoms with E-state index in [0.717, 1.165) is 25.9 Å². The number of rotatable bonds is 6. The average Bonchev–Trinajstić information content (AvgIpc) is 2.29. The van der Waals surface area contributed by atoms with Crippen LogP contribution in [0.1, 0.15) is 33.6 Å². The maximum absolute atomic E-state index is 9.96. The van der Waals surface area contributed by atoms with Crippen molar-refractivity contribution in [2.45, 2.75) is 57.9 Å². The van der Waals surface area contributed by atoms with Crippen LogP contribution >= 0.6 is 0 Å². The Balaban J connectivity index is 2.26. The summed E-state index contributed by atoms with van der Waals surface area (Å²) in [6.45, 7) is 8.87. The van der Waals surface area contributed by atoms with Crippen molar-refractivity contribution in [2.24, 2.45) is 0 Å². The van der Waals surface area contributed by atoms with Crippen molar-refractivity contribution in [2.75, 3.05) is 26.7 Å². The Labute approximate surface area is 105 Å². The normalized spacial score (nSPS) is 28.6. The molecule has 1 aliphatic heterocycles. The van der Waals surface area contributed by atoms with E-state index in [-0.39, 0.29) is 6.10 Å². The zero-order chi connectivity index (χ0) is 12.8. The molecule has 0 aromatic carbocycles. The standard InChI is InChI=1S/C13H28N2O2/c1-10(2)14-8-12(16)9-15-6-5-13(17-4)7-11(15)3/h10-14,16H,5-9H2,1-4H3. The number of methoxy groups -OCH3 is 1. The lowest BCUT2D eigenvalue weighted by Crippen LogP contribution is -2.48. The van der Waals surface area contributed by atoms with Gasteiger partial charge in [-0.3, -0.25) is 4.90 Å². The van der Waals surface area contributed by atoms with E-state index in [2.05, 4.69) is 31.0 Å². The number of hydrogen-bond acceptors (Lipinski definition) is 4. The highest BCUT2D eigenvalue weighted by Gasteiger charge is 2.26. The van der Waals surface area contributed by atoms with Gasteiger partial charge in [0.25, 0.3) is 0 Å². The van der Waals surface area contributed by atoms with Gasteiger partial charge in [0.2, 0.25) is 0 Å². The van der Waals surface area contributed by atoms with E-state index in [1.807, 2.05) is 0 Å². The first-order chi connectivity index (χ1) is 8.02. The molecule has 4 nitrogen and oxygen atoms in total.